The summed E-state index contributed by atoms with van der Waals surface area (Å²) >= 11 is 0. The lowest BCUT2D eigenvalue weighted by Crippen LogP contribution is -2.26. The third kappa shape index (κ3) is 4.26. The molecule has 0 aliphatic heterocycles. The number of hydrogen-bond donors (Lipinski definition) is 0. The molecule has 0 atom stereocenters. The summed E-state index contributed by atoms with van der Waals surface area (Å²) in [5.41, 5.74) is 0.793. The van der Waals surface area contributed by atoms with E-state index in [4.69, 9.17) is 0 Å². The predicted octanol–water partition coefficient (Wildman–Crippen LogP) is 2.13. The van der Waals surface area contributed by atoms with Gasteiger partial charge in [-0.3, -0.25) is 9.69 Å². The lowest BCUT2D eigenvalue weighted by Gasteiger charge is -2.17. The van der Waals surface area contributed by atoms with Crippen molar-refractivity contribution in [2.75, 3.05) is 13.6 Å². The van der Waals surface area contributed by atoms with Crippen LogP contribution in [0.1, 0.15) is 25.5 Å². The first kappa shape index (κ1) is 13.8. The van der Waals surface area contributed by atoms with Gasteiger partial charge < -0.3 is 4.57 Å². The van der Waals surface area contributed by atoms with Crippen LogP contribution in [0, 0.1) is 0 Å². The van der Waals surface area contributed by atoms with Crippen LogP contribution in [-0.4, -0.2) is 29.5 Å². The molecule has 5 heteroatoms. The number of alkyl halides is 2. The van der Waals surface area contributed by atoms with Crippen molar-refractivity contribution in [3.63, 3.8) is 0 Å². The number of nitrogens with zero attached hydrogens (tertiary/aromatic N) is 2. The minimum atomic E-state index is -2.34. The number of pyridine rings is 1. The summed E-state index contributed by atoms with van der Waals surface area (Å²) in [7, 11) is 1.64. The topological polar surface area (TPSA) is 25.2 Å². The Balaban J connectivity index is 2.79. The molecule has 0 fully saturated rings. The van der Waals surface area contributed by atoms with Crippen molar-refractivity contribution in [3.05, 3.63) is 34.2 Å². The van der Waals surface area contributed by atoms with Crippen molar-refractivity contribution in [1.82, 2.24) is 9.47 Å². The van der Waals surface area contributed by atoms with Gasteiger partial charge in [-0.15, -0.1) is 0 Å². The molecule has 0 saturated carbocycles. The Hall–Kier alpha value is -1.23. The average molecular weight is 244 g/mol. The number of hydrogen-bond acceptors (Lipinski definition) is 2. The quantitative estimate of drug-likeness (QED) is 0.792. The summed E-state index contributed by atoms with van der Waals surface area (Å²) in [6.07, 6.45) is -0.606. The Kier molecular flexibility index (Phi) is 4.81. The highest BCUT2D eigenvalue weighted by Gasteiger charge is 2.09. The monoisotopic (exact) mass is 244 g/mol. The first-order valence-corrected chi connectivity index (χ1v) is 5.58. The summed E-state index contributed by atoms with van der Waals surface area (Å²) in [5.74, 6) is 0. The third-order valence-corrected chi connectivity index (χ3v) is 2.46. The molecule has 1 rings (SSSR count). The van der Waals surface area contributed by atoms with E-state index in [0.29, 0.717) is 6.54 Å². The van der Waals surface area contributed by atoms with Gasteiger partial charge in [0.2, 0.25) is 0 Å². The van der Waals surface area contributed by atoms with Crippen molar-refractivity contribution in [2.24, 2.45) is 0 Å². The molecule has 1 heterocycles. The molecule has 0 aliphatic carbocycles. The number of aromatic nitrogens is 1. The van der Waals surface area contributed by atoms with E-state index in [1.165, 1.54) is 11.0 Å². The summed E-state index contributed by atoms with van der Waals surface area (Å²) in [5, 5.41) is 0. The zero-order chi connectivity index (χ0) is 13.0. The molecule has 0 aliphatic rings. The van der Waals surface area contributed by atoms with Crippen molar-refractivity contribution in [3.8, 4) is 0 Å². The Morgan fingerprint density at radius 1 is 1.35 bits per heavy atom. The molecule has 0 unspecified atom stereocenters. The van der Waals surface area contributed by atoms with Crippen LogP contribution in [0.5, 0.6) is 0 Å². The molecule has 1 aromatic heterocycles. The van der Waals surface area contributed by atoms with E-state index in [1.807, 2.05) is 13.8 Å². The maximum absolute atomic E-state index is 12.2. The van der Waals surface area contributed by atoms with E-state index in [2.05, 4.69) is 0 Å². The van der Waals surface area contributed by atoms with Gasteiger partial charge in [0.15, 0.2) is 0 Å². The lowest BCUT2D eigenvalue weighted by molar-refractivity contribution is 0.0974. The second-order valence-electron chi connectivity index (χ2n) is 4.46. The van der Waals surface area contributed by atoms with E-state index in [0.717, 1.165) is 5.56 Å². The molecule has 0 aromatic carbocycles. The fraction of sp³-hybridized carbons (Fsp3) is 0.583. The second kappa shape index (κ2) is 5.91. The van der Waals surface area contributed by atoms with Gasteiger partial charge in [-0.2, -0.15) is 0 Å². The lowest BCUT2D eigenvalue weighted by atomic mass is 10.2. The molecule has 0 bridgehead atoms. The Morgan fingerprint density at radius 2 is 2.00 bits per heavy atom. The fourth-order valence-electron chi connectivity index (χ4n) is 1.66. The fourth-order valence-corrected chi connectivity index (χ4v) is 1.66. The van der Waals surface area contributed by atoms with Crippen LogP contribution in [0.15, 0.2) is 23.1 Å². The van der Waals surface area contributed by atoms with Gasteiger partial charge in [0, 0.05) is 24.8 Å². The Labute approximate surface area is 99.7 Å². The molecule has 1 aromatic rings. The maximum Gasteiger partial charge on any atom is 0.251 e. The van der Waals surface area contributed by atoms with Gasteiger partial charge >= 0.3 is 0 Å². The zero-order valence-electron chi connectivity index (χ0n) is 10.4. The Morgan fingerprint density at radius 3 is 2.53 bits per heavy atom. The van der Waals surface area contributed by atoms with Gasteiger partial charge in [0.25, 0.3) is 12.0 Å². The van der Waals surface area contributed by atoms with Crippen molar-refractivity contribution in [2.45, 2.75) is 32.9 Å². The second-order valence-corrected chi connectivity index (χ2v) is 4.46. The van der Waals surface area contributed by atoms with E-state index < -0.39 is 6.43 Å². The standard InChI is InChI=1S/C12H18F2N2O/c1-9(2)16-7-10(4-5-12(16)17)6-15(3)8-11(13)14/h4-5,7,9,11H,6,8H2,1-3H3. The van der Waals surface area contributed by atoms with Gasteiger partial charge in [0.1, 0.15) is 0 Å². The third-order valence-electron chi connectivity index (χ3n) is 2.46. The molecular formula is C12H18F2N2O. The first-order chi connectivity index (χ1) is 7.90. The van der Waals surface area contributed by atoms with Crippen molar-refractivity contribution in [1.29, 1.82) is 0 Å². The smallest absolute Gasteiger partial charge is 0.251 e. The zero-order valence-corrected chi connectivity index (χ0v) is 10.4. The normalized spacial score (nSPS) is 11.8. The molecular weight excluding hydrogens is 226 g/mol. The van der Waals surface area contributed by atoms with Crippen LogP contribution in [0.4, 0.5) is 8.78 Å². The molecule has 0 amide bonds. The van der Waals surface area contributed by atoms with Crippen molar-refractivity contribution < 1.29 is 8.78 Å². The number of rotatable bonds is 5. The number of halogens is 2. The highest BCUT2D eigenvalue weighted by atomic mass is 19.3. The summed E-state index contributed by atoms with van der Waals surface area (Å²) < 4.78 is 25.9. The Bertz CT molecular complexity index is 415. The summed E-state index contributed by atoms with van der Waals surface area (Å²) in [6.45, 7) is 3.97. The van der Waals surface area contributed by atoms with Gasteiger partial charge in [-0.1, -0.05) is 6.07 Å². The van der Waals surface area contributed by atoms with Gasteiger partial charge in [0.05, 0.1) is 6.54 Å². The SMILES string of the molecule is CC(C)n1cc(CN(C)CC(F)F)ccc1=O. The molecule has 96 valence electrons. The van der Waals surface area contributed by atoms with E-state index in [1.54, 1.807) is 23.9 Å². The molecule has 17 heavy (non-hydrogen) atoms. The minimum Gasteiger partial charge on any atom is -0.313 e. The van der Waals surface area contributed by atoms with Crippen LogP contribution in [0.2, 0.25) is 0 Å². The van der Waals surface area contributed by atoms with Crippen molar-refractivity contribution >= 4 is 0 Å². The highest BCUT2D eigenvalue weighted by Crippen LogP contribution is 2.06. The molecule has 3 nitrogen and oxygen atoms in total. The van der Waals surface area contributed by atoms with Crippen LogP contribution >= 0.6 is 0 Å². The molecule has 0 N–H and O–H groups in total. The first-order valence-electron chi connectivity index (χ1n) is 5.58. The van der Waals surface area contributed by atoms with E-state index in [9.17, 15) is 13.6 Å². The van der Waals surface area contributed by atoms with Crippen LogP contribution in [-0.2, 0) is 6.54 Å². The average Bonchev–Trinajstić information content (AvgIpc) is 2.19. The predicted molar refractivity (Wildman–Crippen MR) is 63.4 cm³/mol. The highest BCUT2D eigenvalue weighted by molar-refractivity contribution is 5.10. The van der Waals surface area contributed by atoms with Gasteiger partial charge in [-0.05, 0) is 26.5 Å². The van der Waals surface area contributed by atoms with E-state index in [-0.39, 0.29) is 18.1 Å². The molecule has 0 radical (unpaired) electrons. The van der Waals surface area contributed by atoms with Crippen LogP contribution < -0.4 is 5.56 Å². The largest absolute Gasteiger partial charge is 0.313 e. The van der Waals surface area contributed by atoms with Gasteiger partial charge in [-0.25, -0.2) is 8.78 Å². The van der Waals surface area contributed by atoms with Crippen LogP contribution in [0.3, 0.4) is 0 Å². The van der Waals surface area contributed by atoms with Crippen LogP contribution in [0.25, 0.3) is 0 Å². The van der Waals surface area contributed by atoms with E-state index >= 15 is 0 Å². The summed E-state index contributed by atoms with van der Waals surface area (Å²) in [6, 6.07) is 3.23. The molecule has 0 spiro atoms. The minimum absolute atomic E-state index is 0.0692. The molecule has 0 saturated heterocycles. The maximum atomic E-state index is 12.2. The summed E-state index contributed by atoms with van der Waals surface area (Å²) in [4.78, 5) is 13.0.